The molecule has 0 aromatic rings. The summed E-state index contributed by atoms with van der Waals surface area (Å²) in [6.07, 6.45) is 5.60. The van der Waals surface area contributed by atoms with E-state index in [4.69, 9.17) is 0 Å². The van der Waals surface area contributed by atoms with Crippen molar-refractivity contribution in [2.75, 3.05) is 26.2 Å². The van der Waals surface area contributed by atoms with Crippen LogP contribution in [0.4, 0.5) is 0 Å². The van der Waals surface area contributed by atoms with Gasteiger partial charge in [0, 0.05) is 6.54 Å². The van der Waals surface area contributed by atoms with Gasteiger partial charge in [0.15, 0.2) is 0 Å². The average Bonchev–Trinajstić information content (AvgIpc) is 2.55. The summed E-state index contributed by atoms with van der Waals surface area (Å²) in [6.45, 7) is 3.12. The lowest BCUT2D eigenvalue weighted by molar-refractivity contribution is -0.128. The van der Waals surface area contributed by atoms with Gasteiger partial charge >= 0.3 is 0 Å². The lowest BCUT2D eigenvalue weighted by atomic mass is 10.2. The van der Waals surface area contributed by atoms with E-state index in [0.717, 1.165) is 13.1 Å². The fourth-order valence-corrected chi connectivity index (χ4v) is 2.47. The van der Waals surface area contributed by atoms with E-state index in [-0.39, 0.29) is 17.9 Å². The standard InChI is InChI=1S/C12H21N3O2/c16-11(14-10-5-6-13-12(10)17)9-15-7-3-1-2-4-8-15/h10H,1-9H2,(H,13,17)(H,14,16). The Labute approximate surface area is 102 Å². The summed E-state index contributed by atoms with van der Waals surface area (Å²) in [5, 5.41) is 5.53. The number of carbonyl (C=O) groups is 2. The number of hydrogen-bond acceptors (Lipinski definition) is 3. The maximum atomic E-state index is 11.8. The predicted octanol–water partition coefficient (Wildman–Crippen LogP) is -0.133. The number of nitrogens with one attached hydrogen (secondary N) is 2. The van der Waals surface area contributed by atoms with Crippen LogP contribution in [0.25, 0.3) is 0 Å². The topological polar surface area (TPSA) is 61.4 Å². The van der Waals surface area contributed by atoms with E-state index in [9.17, 15) is 9.59 Å². The molecule has 17 heavy (non-hydrogen) atoms. The Morgan fingerprint density at radius 2 is 2.00 bits per heavy atom. The molecule has 2 N–H and O–H groups in total. The zero-order valence-corrected chi connectivity index (χ0v) is 10.2. The van der Waals surface area contributed by atoms with Crippen LogP contribution in [0.15, 0.2) is 0 Å². The average molecular weight is 239 g/mol. The number of hydrogen-bond donors (Lipinski definition) is 2. The minimum absolute atomic E-state index is 0.0195. The minimum atomic E-state index is -0.311. The molecule has 2 heterocycles. The van der Waals surface area contributed by atoms with Crippen molar-refractivity contribution >= 4 is 11.8 Å². The predicted molar refractivity (Wildman–Crippen MR) is 64.5 cm³/mol. The smallest absolute Gasteiger partial charge is 0.242 e. The maximum Gasteiger partial charge on any atom is 0.242 e. The first-order chi connectivity index (χ1) is 8.25. The van der Waals surface area contributed by atoms with Crippen LogP contribution in [0.3, 0.4) is 0 Å². The highest BCUT2D eigenvalue weighted by molar-refractivity contribution is 5.89. The third-order valence-corrected chi connectivity index (χ3v) is 3.45. The van der Waals surface area contributed by atoms with E-state index in [0.29, 0.717) is 19.5 Å². The summed E-state index contributed by atoms with van der Waals surface area (Å²) in [5.41, 5.74) is 0. The van der Waals surface area contributed by atoms with Crippen molar-refractivity contribution in [1.82, 2.24) is 15.5 Å². The van der Waals surface area contributed by atoms with Crippen LogP contribution in [0.1, 0.15) is 32.1 Å². The van der Waals surface area contributed by atoms with Crippen LogP contribution in [-0.4, -0.2) is 48.9 Å². The van der Waals surface area contributed by atoms with Gasteiger partial charge < -0.3 is 10.6 Å². The van der Waals surface area contributed by atoms with Gasteiger partial charge in [0.25, 0.3) is 0 Å². The van der Waals surface area contributed by atoms with E-state index in [1.807, 2.05) is 0 Å². The van der Waals surface area contributed by atoms with Crippen LogP contribution < -0.4 is 10.6 Å². The molecule has 0 aromatic carbocycles. The normalized spacial score (nSPS) is 26.4. The molecule has 2 saturated heterocycles. The molecule has 1 unspecified atom stereocenters. The number of rotatable bonds is 3. The van der Waals surface area contributed by atoms with E-state index < -0.39 is 0 Å². The molecule has 2 aliphatic rings. The SMILES string of the molecule is O=C(CN1CCCCCC1)NC1CCNC1=O. The molecule has 2 fully saturated rings. The summed E-state index contributed by atoms with van der Waals surface area (Å²) in [5.74, 6) is -0.0665. The Bertz CT molecular complexity index is 285. The first-order valence-corrected chi connectivity index (χ1v) is 6.55. The molecular weight excluding hydrogens is 218 g/mol. The van der Waals surface area contributed by atoms with Gasteiger partial charge in [0.05, 0.1) is 6.54 Å². The van der Waals surface area contributed by atoms with E-state index in [1.165, 1.54) is 25.7 Å². The second-order valence-corrected chi connectivity index (χ2v) is 4.89. The summed E-state index contributed by atoms with van der Waals surface area (Å²) in [6, 6.07) is -0.311. The monoisotopic (exact) mass is 239 g/mol. The first-order valence-electron chi connectivity index (χ1n) is 6.55. The molecular formula is C12H21N3O2. The molecule has 2 aliphatic heterocycles. The van der Waals surface area contributed by atoms with Crippen LogP contribution in [0, 0.1) is 0 Å². The van der Waals surface area contributed by atoms with Gasteiger partial charge in [0.2, 0.25) is 11.8 Å². The maximum absolute atomic E-state index is 11.8. The summed E-state index contributed by atoms with van der Waals surface area (Å²) < 4.78 is 0. The lowest BCUT2D eigenvalue weighted by Gasteiger charge is -2.20. The first kappa shape index (κ1) is 12.4. The van der Waals surface area contributed by atoms with E-state index in [2.05, 4.69) is 15.5 Å². The Morgan fingerprint density at radius 3 is 2.59 bits per heavy atom. The Morgan fingerprint density at radius 1 is 1.29 bits per heavy atom. The highest BCUT2D eigenvalue weighted by atomic mass is 16.2. The molecule has 0 aliphatic carbocycles. The van der Waals surface area contributed by atoms with Gasteiger partial charge in [-0.2, -0.15) is 0 Å². The van der Waals surface area contributed by atoms with Crippen LogP contribution in [-0.2, 0) is 9.59 Å². The molecule has 0 radical (unpaired) electrons. The van der Waals surface area contributed by atoms with Crippen molar-refractivity contribution in [1.29, 1.82) is 0 Å². The highest BCUT2D eigenvalue weighted by Gasteiger charge is 2.26. The molecule has 0 aromatic heterocycles. The second-order valence-electron chi connectivity index (χ2n) is 4.89. The summed E-state index contributed by atoms with van der Waals surface area (Å²) in [7, 11) is 0. The van der Waals surface area contributed by atoms with E-state index >= 15 is 0 Å². The Kier molecular flexibility index (Phi) is 4.36. The molecule has 0 spiro atoms. The zero-order chi connectivity index (χ0) is 12.1. The van der Waals surface area contributed by atoms with Crippen LogP contribution in [0.2, 0.25) is 0 Å². The van der Waals surface area contributed by atoms with Crippen molar-refractivity contribution in [3.8, 4) is 0 Å². The Hall–Kier alpha value is -1.10. The molecule has 5 nitrogen and oxygen atoms in total. The quantitative estimate of drug-likeness (QED) is 0.721. The minimum Gasteiger partial charge on any atom is -0.354 e. The summed E-state index contributed by atoms with van der Waals surface area (Å²) in [4.78, 5) is 25.3. The highest BCUT2D eigenvalue weighted by Crippen LogP contribution is 2.09. The third-order valence-electron chi connectivity index (χ3n) is 3.45. The summed E-state index contributed by atoms with van der Waals surface area (Å²) >= 11 is 0. The zero-order valence-electron chi connectivity index (χ0n) is 10.2. The van der Waals surface area contributed by atoms with Crippen molar-refractivity contribution < 1.29 is 9.59 Å². The molecule has 5 heteroatoms. The number of amides is 2. The number of carbonyl (C=O) groups excluding carboxylic acids is 2. The fraction of sp³-hybridized carbons (Fsp3) is 0.833. The fourth-order valence-electron chi connectivity index (χ4n) is 2.47. The van der Waals surface area contributed by atoms with Gasteiger partial charge in [-0.15, -0.1) is 0 Å². The molecule has 0 saturated carbocycles. The van der Waals surface area contributed by atoms with Crippen molar-refractivity contribution in [2.45, 2.75) is 38.1 Å². The van der Waals surface area contributed by atoms with Crippen molar-refractivity contribution in [3.63, 3.8) is 0 Å². The van der Waals surface area contributed by atoms with Gasteiger partial charge in [-0.25, -0.2) is 0 Å². The second kappa shape index (κ2) is 6.00. The number of likely N-dealkylation sites (tertiary alicyclic amines) is 1. The van der Waals surface area contributed by atoms with Crippen molar-refractivity contribution in [2.24, 2.45) is 0 Å². The molecule has 96 valence electrons. The Balaban J connectivity index is 1.74. The largest absolute Gasteiger partial charge is 0.354 e. The van der Waals surface area contributed by atoms with Gasteiger partial charge in [0.1, 0.15) is 6.04 Å². The molecule has 0 bridgehead atoms. The molecule has 1 atom stereocenters. The van der Waals surface area contributed by atoms with Gasteiger partial charge in [-0.1, -0.05) is 12.8 Å². The van der Waals surface area contributed by atoms with Crippen LogP contribution >= 0.6 is 0 Å². The molecule has 2 amide bonds. The van der Waals surface area contributed by atoms with E-state index in [1.54, 1.807) is 0 Å². The van der Waals surface area contributed by atoms with Crippen molar-refractivity contribution in [3.05, 3.63) is 0 Å². The van der Waals surface area contributed by atoms with Gasteiger partial charge in [-0.05, 0) is 32.4 Å². The lowest BCUT2D eigenvalue weighted by Crippen LogP contribution is -2.45. The van der Waals surface area contributed by atoms with Crippen LogP contribution in [0.5, 0.6) is 0 Å². The third kappa shape index (κ3) is 3.70. The number of nitrogens with zero attached hydrogens (tertiary/aromatic N) is 1. The molecule has 2 rings (SSSR count). The van der Waals surface area contributed by atoms with Gasteiger partial charge in [-0.3, -0.25) is 14.5 Å².